The third-order valence-corrected chi connectivity index (χ3v) is 9.58. The molecule has 7 heteroatoms. The molecule has 55 heavy (non-hydrogen) atoms. The molecule has 0 radical (unpaired) electrons. The highest BCUT2D eigenvalue weighted by molar-refractivity contribution is 8.14. The number of hydrogen-bond donors (Lipinski definition) is 3. The number of carboxylic acids is 1. The molecule has 0 aromatic heterocycles. The van der Waals surface area contributed by atoms with Crippen LogP contribution in [0.15, 0.2) is 168 Å². The molecule has 0 bridgehead atoms. The van der Waals surface area contributed by atoms with E-state index < -0.39 is 11.9 Å². The SMILES string of the molecule is O=C(O)CSC1=NC(=O)C(=Cc2ccc(/C=C/c3ccc(/C=C/c4ccc(Nc5ccc(C=C(c6ccccc6)c6ccccc6)cc5)cc4)cc3)cc2)N1. The number of carboxylic acid groups (broad SMARTS) is 1. The van der Waals surface area contributed by atoms with Crippen molar-refractivity contribution < 1.29 is 14.7 Å². The molecule has 0 unspecified atom stereocenters. The second-order valence-corrected chi connectivity index (χ2v) is 13.7. The zero-order chi connectivity index (χ0) is 37.8. The topological polar surface area (TPSA) is 90.8 Å². The molecule has 7 rings (SSSR count). The molecule has 268 valence electrons. The molecule has 0 fully saturated rings. The van der Waals surface area contributed by atoms with Gasteiger partial charge in [0.2, 0.25) is 0 Å². The van der Waals surface area contributed by atoms with Gasteiger partial charge in [-0.2, -0.15) is 4.99 Å². The number of carbonyl (C=O) groups excluding carboxylic acids is 1. The lowest BCUT2D eigenvalue weighted by atomic mass is 9.96. The smallest absolute Gasteiger partial charge is 0.313 e. The minimum atomic E-state index is -0.966. The Morgan fingerprint density at radius 3 is 1.45 bits per heavy atom. The molecule has 0 spiro atoms. The first-order valence-corrected chi connectivity index (χ1v) is 18.7. The van der Waals surface area contributed by atoms with Crippen LogP contribution < -0.4 is 10.6 Å². The molecule has 0 saturated carbocycles. The summed E-state index contributed by atoms with van der Waals surface area (Å²) in [6, 6.07) is 54.0. The summed E-state index contributed by atoms with van der Waals surface area (Å²) in [7, 11) is 0. The summed E-state index contributed by atoms with van der Waals surface area (Å²) < 4.78 is 0. The van der Waals surface area contributed by atoms with Crippen molar-refractivity contribution in [3.05, 3.63) is 208 Å². The van der Waals surface area contributed by atoms with Crippen LogP contribution in [0.25, 0.3) is 42.0 Å². The molecule has 6 aromatic carbocycles. The maximum atomic E-state index is 12.2. The highest BCUT2D eigenvalue weighted by atomic mass is 32.2. The molecule has 6 aromatic rings. The van der Waals surface area contributed by atoms with Gasteiger partial charge in [-0.05, 0) is 86.5 Å². The number of hydrogen-bond acceptors (Lipinski definition) is 5. The monoisotopic (exact) mass is 735 g/mol. The standard InChI is InChI=1S/C48H37N3O3S/c52-46(53)33-55-48-50-45(47(54)51-48)32-39-21-19-36(20-22-39)16-15-34-11-13-35(14-12-34)17-18-37-23-27-42(28-24-37)49-43-29-25-38(26-30-43)31-44(40-7-3-1-4-8-40)41-9-5-2-6-10-41/h1-32,49H,33H2,(H,52,53)(H,50,51,54)/b16-15+,18-17+,45-32?. The number of aliphatic carboxylic acids is 1. The fourth-order valence-corrected chi connectivity index (χ4v) is 6.45. The minimum Gasteiger partial charge on any atom is -0.481 e. The molecule has 1 heterocycles. The largest absolute Gasteiger partial charge is 0.481 e. The van der Waals surface area contributed by atoms with Crippen molar-refractivity contribution in [1.29, 1.82) is 0 Å². The molecule has 1 aliphatic rings. The lowest BCUT2D eigenvalue weighted by Gasteiger charge is -2.10. The zero-order valence-electron chi connectivity index (χ0n) is 29.8. The Bertz CT molecular complexity index is 2370. The Hall–Kier alpha value is -6.96. The van der Waals surface area contributed by atoms with E-state index in [1.807, 2.05) is 42.5 Å². The van der Waals surface area contributed by atoms with E-state index >= 15 is 0 Å². The molecule has 0 atom stereocenters. The highest BCUT2D eigenvalue weighted by Gasteiger charge is 2.20. The van der Waals surface area contributed by atoms with Gasteiger partial charge in [-0.1, -0.05) is 170 Å². The van der Waals surface area contributed by atoms with E-state index in [4.69, 9.17) is 5.11 Å². The molecule has 3 N–H and O–H groups in total. The predicted molar refractivity (Wildman–Crippen MR) is 230 cm³/mol. The molecular formula is C48H37N3O3S. The Labute approximate surface area is 325 Å². The van der Waals surface area contributed by atoms with Crippen LogP contribution in [0.2, 0.25) is 0 Å². The van der Waals surface area contributed by atoms with Gasteiger partial charge in [0.15, 0.2) is 5.17 Å². The summed E-state index contributed by atoms with van der Waals surface area (Å²) in [5.74, 6) is -1.54. The number of amidine groups is 1. The van der Waals surface area contributed by atoms with Gasteiger partial charge in [-0.15, -0.1) is 0 Å². The number of thioether (sulfide) groups is 1. The van der Waals surface area contributed by atoms with Crippen LogP contribution in [-0.2, 0) is 9.59 Å². The van der Waals surface area contributed by atoms with Crippen molar-refractivity contribution in [3.63, 3.8) is 0 Å². The van der Waals surface area contributed by atoms with Gasteiger partial charge in [-0.3, -0.25) is 9.59 Å². The Morgan fingerprint density at radius 2 is 1.00 bits per heavy atom. The normalized spacial score (nSPS) is 13.2. The second kappa shape index (κ2) is 17.7. The predicted octanol–water partition coefficient (Wildman–Crippen LogP) is 11.0. The maximum Gasteiger partial charge on any atom is 0.313 e. The Kier molecular flexibility index (Phi) is 11.7. The maximum absolute atomic E-state index is 12.2. The Balaban J connectivity index is 0.910. The van der Waals surface area contributed by atoms with E-state index in [-0.39, 0.29) is 5.75 Å². The molecule has 0 saturated heterocycles. The molecule has 1 amide bonds. The van der Waals surface area contributed by atoms with E-state index in [0.29, 0.717) is 10.9 Å². The average molecular weight is 736 g/mol. The number of nitrogens with one attached hydrogen (secondary N) is 2. The van der Waals surface area contributed by atoms with Crippen LogP contribution in [0, 0.1) is 0 Å². The summed E-state index contributed by atoms with van der Waals surface area (Å²) in [6.07, 6.45) is 12.3. The third kappa shape index (κ3) is 10.3. The molecular weight excluding hydrogens is 699 g/mol. The summed E-state index contributed by atoms with van der Waals surface area (Å²) in [5, 5.41) is 15.5. The molecule has 6 nitrogen and oxygen atoms in total. The van der Waals surface area contributed by atoms with Crippen LogP contribution in [0.1, 0.15) is 44.5 Å². The highest BCUT2D eigenvalue weighted by Crippen LogP contribution is 2.27. The van der Waals surface area contributed by atoms with Crippen molar-refractivity contribution in [3.8, 4) is 0 Å². The summed E-state index contributed by atoms with van der Waals surface area (Å²) in [5.41, 5.74) is 12.2. The van der Waals surface area contributed by atoms with Crippen LogP contribution in [0.4, 0.5) is 11.4 Å². The van der Waals surface area contributed by atoms with E-state index in [1.54, 1.807) is 6.08 Å². The van der Waals surface area contributed by atoms with Crippen LogP contribution in [0.3, 0.4) is 0 Å². The fourth-order valence-electron chi connectivity index (χ4n) is 5.86. The van der Waals surface area contributed by atoms with Crippen molar-refractivity contribution >= 4 is 82.2 Å². The van der Waals surface area contributed by atoms with E-state index in [1.165, 1.54) is 16.7 Å². The minimum absolute atomic E-state index is 0.163. The van der Waals surface area contributed by atoms with Gasteiger partial charge in [-0.25, -0.2) is 0 Å². The van der Waals surface area contributed by atoms with E-state index in [0.717, 1.165) is 56.5 Å². The molecule has 0 aliphatic carbocycles. The lowest BCUT2D eigenvalue weighted by Crippen LogP contribution is -2.16. The van der Waals surface area contributed by atoms with E-state index in [2.05, 4.69) is 161 Å². The van der Waals surface area contributed by atoms with Crippen LogP contribution in [0.5, 0.6) is 0 Å². The average Bonchev–Trinajstić information content (AvgIpc) is 3.58. The van der Waals surface area contributed by atoms with Gasteiger partial charge in [0.25, 0.3) is 5.91 Å². The zero-order valence-corrected chi connectivity index (χ0v) is 30.6. The second-order valence-electron chi connectivity index (χ2n) is 12.7. The summed E-state index contributed by atoms with van der Waals surface area (Å²) in [4.78, 5) is 26.8. The van der Waals surface area contributed by atoms with Crippen molar-refractivity contribution in [2.45, 2.75) is 0 Å². The quantitative estimate of drug-likeness (QED) is 0.0856. The van der Waals surface area contributed by atoms with Gasteiger partial charge in [0, 0.05) is 11.4 Å². The number of carbonyl (C=O) groups is 2. The van der Waals surface area contributed by atoms with Gasteiger partial charge >= 0.3 is 5.97 Å². The number of anilines is 2. The fraction of sp³-hybridized carbons (Fsp3) is 0.0208. The first kappa shape index (κ1) is 36.4. The third-order valence-electron chi connectivity index (χ3n) is 8.72. The number of amides is 1. The summed E-state index contributed by atoms with van der Waals surface area (Å²) in [6.45, 7) is 0. The number of rotatable bonds is 12. The summed E-state index contributed by atoms with van der Waals surface area (Å²) >= 11 is 0.982. The number of benzene rings is 6. The van der Waals surface area contributed by atoms with E-state index in [9.17, 15) is 9.59 Å². The van der Waals surface area contributed by atoms with Gasteiger partial charge < -0.3 is 15.7 Å². The van der Waals surface area contributed by atoms with Crippen molar-refractivity contribution in [1.82, 2.24) is 5.32 Å². The van der Waals surface area contributed by atoms with Gasteiger partial charge in [0.05, 0.1) is 5.75 Å². The first-order valence-electron chi connectivity index (χ1n) is 17.8. The number of nitrogens with zero attached hydrogens (tertiary/aromatic N) is 1. The number of aliphatic imine (C=N–C) groups is 1. The van der Waals surface area contributed by atoms with Crippen molar-refractivity contribution in [2.24, 2.45) is 4.99 Å². The van der Waals surface area contributed by atoms with Crippen molar-refractivity contribution in [2.75, 3.05) is 11.1 Å². The van der Waals surface area contributed by atoms with Crippen LogP contribution >= 0.6 is 11.8 Å². The lowest BCUT2D eigenvalue weighted by molar-refractivity contribution is -0.133. The van der Waals surface area contributed by atoms with Crippen LogP contribution in [-0.4, -0.2) is 27.9 Å². The first-order chi connectivity index (χ1) is 26.9. The van der Waals surface area contributed by atoms with Gasteiger partial charge in [0.1, 0.15) is 5.70 Å². The Morgan fingerprint density at radius 1 is 0.582 bits per heavy atom. The molecule has 1 aliphatic heterocycles.